The summed E-state index contributed by atoms with van der Waals surface area (Å²) in [6, 6.07) is 0.770. The van der Waals surface area contributed by atoms with E-state index < -0.39 is 12.0 Å². The van der Waals surface area contributed by atoms with Gasteiger partial charge < -0.3 is 25.1 Å². The number of carboxylic acid groups (broad SMARTS) is 1. The normalized spacial score (nSPS) is 14.4. The van der Waals surface area contributed by atoms with Crippen molar-refractivity contribution in [1.82, 2.24) is 0 Å². The Kier molecular flexibility index (Phi) is 3.49. The number of rotatable bonds is 4. The zero-order chi connectivity index (χ0) is 13.3. The lowest BCUT2D eigenvalue weighted by Crippen LogP contribution is -2.16. The maximum absolute atomic E-state index is 10.7. The minimum atomic E-state index is -1.02. The lowest BCUT2D eigenvalue weighted by Gasteiger charge is -2.17. The molecule has 3 N–H and O–H groups in total. The molecule has 0 fully saturated rings. The summed E-state index contributed by atoms with van der Waals surface area (Å²) in [7, 11) is 1.43. The van der Waals surface area contributed by atoms with E-state index in [0.717, 1.165) is 0 Å². The fraction of sp³-hybridized carbons (Fsp3) is 0.364. The zero-order valence-corrected chi connectivity index (χ0v) is 10.4. The van der Waals surface area contributed by atoms with Crippen LogP contribution in [0.3, 0.4) is 0 Å². The highest BCUT2D eigenvalue weighted by Crippen LogP contribution is 2.47. The van der Waals surface area contributed by atoms with Gasteiger partial charge in [-0.05, 0) is 0 Å². The number of benzene rings is 1. The number of hydrogen-bond donors (Lipinski definition) is 2. The number of nitrogens with two attached hydrogens (primary N) is 1. The van der Waals surface area contributed by atoms with Crippen LogP contribution in [0, 0.1) is 0 Å². The number of halogens is 1. The van der Waals surface area contributed by atoms with E-state index in [9.17, 15) is 4.79 Å². The van der Waals surface area contributed by atoms with Crippen molar-refractivity contribution in [1.29, 1.82) is 0 Å². The van der Waals surface area contributed by atoms with Gasteiger partial charge in [0.05, 0.1) is 24.1 Å². The Labute approximate surface area is 108 Å². The molecule has 0 saturated carbocycles. The Hall–Kier alpha value is -1.66. The second-order valence-electron chi connectivity index (χ2n) is 3.74. The van der Waals surface area contributed by atoms with Gasteiger partial charge >= 0.3 is 5.97 Å². The van der Waals surface area contributed by atoms with Crippen LogP contribution in [0.1, 0.15) is 18.0 Å². The number of ether oxygens (including phenoxy) is 3. The monoisotopic (exact) mass is 273 g/mol. The van der Waals surface area contributed by atoms with E-state index in [1.165, 1.54) is 7.11 Å². The third kappa shape index (κ3) is 2.16. The Balaban J connectivity index is 2.52. The molecule has 0 radical (unpaired) electrons. The molecule has 1 aliphatic heterocycles. The van der Waals surface area contributed by atoms with Crippen LogP contribution in [0.5, 0.6) is 17.2 Å². The SMILES string of the molecule is COc1c(Cl)cc2c(c1C(N)CC(=O)O)OCO2. The van der Waals surface area contributed by atoms with Gasteiger partial charge in [0.2, 0.25) is 6.79 Å². The summed E-state index contributed by atoms with van der Waals surface area (Å²) in [5.41, 5.74) is 6.28. The van der Waals surface area contributed by atoms with Gasteiger partial charge in [-0.15, -0.1) is 0 Å². The van der Waals surface area contributed by atoms with Gasteiger partial charge in [0, 0.05) is 12.1 Å². The van der Waals surface area contributed by atoms with Gasteiger partial charge in [0.25, 0.3) is 0 Å². The maximum atomic E-state index is 10.7. The van der Waals surface area contributed by atoms with E-state index in [0.29, 0.717) is 27.8 Å². The Morgan fingerprint density at radius 1 is 1.67 bits per heavy atom. The second kappa shape index (κ2) is 4.91. The van der Waals surface area contributed by atoms with Crippen LogP contribution >= 0.6 is 11.6 Å². The molecule has 6 nitrogen and oxygen atoms in total. The van der Waals surface area contributed by atoms with Crippen molar-refractivity contribution < 1.29 is 24.1 Å². The Morgan fingerprint density at radius 3 is 3.00 bits per heavy atom. The highest BCUT2D eigenvalue weighted by atomic mass is 35.5. The summed E-state index contributed by atoms with van der Waals surface area (Å²) in [5, 5.41) is 9.10. The van der Waals surface area contributed by atoms with Gasteiger partial charge in [-0.1, -0.05) is 11.6 Å². The molecule has 1 aromatic rings. The first-order chi connectivity index (χ1) is 8.54. The van der Waals surface area contributed by atoms with Gasteiger partial charge in [0.15, 0.2) is 11.5 Å². The van der Waals surface area contributed by atoms with Crippen molar-refractivity contribution in [3.05, 3.63) is 16.7 Å². The molecule has 1 unspecified atom stereocenters. The van der Waals surface area contributed by atoms with Crippen molar-refractivity contribution in [2.45, 2.75) is 12.5 Å². The molecule has 0 saturated heterocycles. The average Bonchev–Trinajstić information content (AvgIpc) is 2.73. The molecule has 18 heavy (non-hydrogen) atoms. The maximum Gasteiger partial charge on any atom is 0.305 e. The van der Waals surface area contributed by atoms with Gasteiger partial charge in [-0.25, -0.2) is 0 Å². The van der Waals surface area contributed by atoms with Crippen LogP contribution in [0.4, 0.5) is 0 Å². The first-order valence-electron chi connectivity index (χ1n) is 5.18. The lowest BCUT2D eigenvalue weighted by atomic mass is 10.0. The number of carbonyl (C=O) groups is 1. The molecule has 1 heterocycles. The summed E-state index contributed by atoms with van der Waals surface area (Å²) in [6.45, 7) is 0.0472. The molecule has 0 aromatic heterocycles. The summed E-state index contributed by atoms with van der Waals surface area (Å²) >= 11 is 6.03. The molecular weight excluding hydrogens is 262 g/mol. The van der Waals surface area contributed by atoms with Crippen molar-refractivity contribution in [3.63, 3.8) is 0 Å². The molecule has 7 heteroatoms. The Bertz CT molecular complexity index is 487. The summed E-state index contributed by atoms with van der Waals surface area (Å²) < 4.78 is 15.7. The molecule has 0 amide bonds. The van der Waals surface area contributed by atoms with Crippen LogP contribution in [0.25, 0.3) is 0 Å². The van der Waals surface area contributed by atoms with E-state index in [1.807, 2.05) is 0 Å². The van der Waals surface area contributed by atoms with E-state index in [-0.39, 0.29) is 13.2 Å². The standard InChI is InChI=1S/C11H12ClNO5/c1-16-10-5(12)2-7-11(18-4-17-7)9(10)6(13)3-8(14)15/h2,6H,3-4,13H2,1H3,(H,14,15). The minimum absolute atomic E-state index is 0.0472. The largest absolute Gasteiger partial charge is 0.495 e. The topological polar surface area (TPSA) is 91.0 Å². The third-order valence-corrected chi connectivity index (χ3v) is 2.86. The molecular formula is C11H12ClNO5. The smallest absolute Gasteiger partial charge is 0.305 e. The fourth-order valence-electron chi connectivity index (χ4n) is 1.85. The quantitative estimate of drug-likeness (QED) is 0.865. The first kappa shape index (κ1) is 12.8. The third-order valence-electron chi connectivity index (χ3n) is 2.57. The van der Waals surface area contributed by atoms with Crippen molar-refractivity contribution in [2.75, 3.05) is 13.9 Å². The van der Waals surface area contributed by atoms with Crippen LogP contribution in [0.15, 0.2) is 6.07 Å². The zero-order valence-electron chi connectivity index (χ0n) is 9.60. The predicted octanol–water partition coefficient (Wildman–Crippen LogP) is 1.55. The molecule has 2 rings (SSSR count). The van der Waals surface area contributed by atoms with Gasteiger partial charge in [-0.3, -0.25) is 4.79 Å². The highest BCUT2D eigenvalue weighted by Gasteiger charge is 2.29. The van der Waals surface area contributed by atoms with Crippen molar-refractivity contribution >= 4 is 17.6 Å². The number of hydrogen-bond acceptors (Lipinski definition) is 5. The number of aliphatic carboxylic acids is 1. The molecule has 1 aromatic carbocycles. The van der Waals surface area contributed by atoms with E-state index in [4.69, 9.17) is 36.7 Å². The van der Waals surface area contributed by atoms with Gasteiger partial charge in [0.1, 0.15) is 5.75 Å². The van der Waals surface area contributed by atoms with Crippen LogP contribution in [-0.2, 0) is 4.79 Å². The molecule has 0 bridgehead atoms. The van der Waals surface area contributed by atoms with Crippen molar-refractivity contribution in [3.8, 4) is 17.2 Å². The van der Waals surface area contributed by atoms with Crippen LogP contribution in [-0.4, -0.2) is 25.0 Å². The van der Waals surface area contributed by atoms with Gasteiger partial charge in [-0.2, -0.15) is 0 Å². The molecule has 1 atom stereocenters. The van der Waals surface area contributed by atoms with E-state index in [1.54, 1.807) is 6.07 Å². The molecule has 98 valence electrons. The minimum Gasteiger partial charge on any atom is -0.495 e. The predicted molar refractivity (Wildman–Crippen MR) is 63.3 cm³/mol. The second-order valence-corrected chi connectivity index (χ2v) is 4.15. The average molecular weight is 274 g/mol. The lowest BCUT2D eigenvalue weighted by molar-refractivity contribution is -0.137. The van der Waals surface area contributed by atoms with E-state index in [2.05, 4.69) is 0 Å². The molecule has 0 spiro atoms. The number of carboxylic acids is 1. The number of fused-ring (bicyclic) bond motifs is 1. The first-order valence-corrected chi connectivity index (χ1v) is 5.55. The molecule has 1 aliphatic rings. The number of methoxy groups -OCH3 is 1. The fourth-order valence-corrected chi connectivity index (χ4v) is 2.13. The highest BCUT2D eigenvalue weighted by molar-refractivity contribution is 6.32. The summed E-state index contributed by atoms with van der Waals surface area (Å²) in [4.78, 5) is 10.7. The summed E-state index contributed by atoms with van der Waals surface area (Å²) in [6.07, 6.45) is -0.257. The summed E-state index contributed by atoms with van der Waals surface area (Å²) in [5.74, 6) is 0.133. The van der Waals surface area contributed by atoms with Crippen LogP contribution in [0.2, 0.25) is 5.02 Å². The molecule has 0 aliphatic carbocycles. The van der Waals surface area contributed by atoms with E-state index >= 15 is 0 Å². The van der Waals surface area contributed by atoms with Crippen LogP contribution < -0.4 is 19.9 Å². The van der Waals surface area contributed by atoms with Crippen molar-refractivity contribution in [2.24, 2.45) is 5.73 Å². The Morgan fingerprint density at radius 2 is 2.39 bits per heavy atom.